The van der Waals surface area contributed by atoms with E-state index in [2.05, 4.69) is 16.9 Å². The van der Waals surface area contributed by atoms with Crippen molar-refractivity contribution in [1.82, 2.24) is 9.97 Å². The number of ether oxygens (including phenoxy) is 2. The average Bonchev–Trinajstić information content (AvgIpc) is 2.71. The van der Waals surface area contributed by atoms with Gasteiger partial charge in [-0.1, -0.05) is 6.92 Å². The molecular weight excluding hydrogens is 180 g/mol. The Morgan fingerprint density at radius 1 is 1.64 bits per heavy atom. The molecule has 1 aromatic rings. The number of hydrogen-bond donors (Lipinski definition) is 0. The Balaban J connectivity index is 2.00. The Bertz CT molecular complexity index is 298. The van der Waals surface area contributed by atoms with Crippen LogP contribution in [0.25, 0.3) is 0 Å². The molecule has 76 valence electrons. The van der Waals surface area contributed by atoms with Gasteiger partial charge in [0.05, 0.1) is 13.2 Å². The number of aromatic nitrogens is 2. The van der Waals surface area contributed by atoms with Crippen molar-refractivity contribution in [2.45, 2.75) is 25.9 Å². The second-order valence-corrected chi connectivity index (χ2v) is 3.29. The molecule has 14 heavy (non-hydrogen) atoms. The molecule has 1 aromatic heterocycles. The van der Waals surface area contributed by atoms with Crippen molar-refractivity contribution >= 4 is 0 Å². The summed E-state index contributed by atoms with van der Waals surface area (Å²) < 4.78 is 10.8. The summed E-state index contributed by atoms with van der Waals surface area (Å²) in [5.74, 6) is 0. The summed E-state index contributed by atoms with van der Waals surface area (Å²) in [6.07, 6.45) is 3.69. The lowest BCUT2D eigenvalue weighted by Gasteiger charge is -2.09. The molecule has 1 atom stereocenters. The first-order chi connectivity index (χ1) is 6.88. The average molecular weight is 194 g/mol. The molecule has 0 amide bonds. The molecule has 1 aliphatic rings. The highest BCUT2D eigenvalue weighted by atomic mass is 16.6. The number of hydrogen-bond acceptors (Lipinski definition) is 4. The van der Waals surface area contributed by atoms with Gasteiger partial charge in [0, 0.05) is 18.3 Å². The molecule has 0 saturated carbocycles. The lowest BCUT2D eigenvalue weighted by atomic mass is 10.3. The van der Waals surface area contributed by atoms with E-state index in [1.807, 2.05) is 6.07 Å². The Hall–Kier alpha value is -1.16. The fourth-order valence-electron chi connectivity index (χ4n) is 1.38. The van der Waals surface area contributed by atoms with Crippen LogP contribution in [0.2, 0.25) is 0 Å². The van der Waals surface area contributed by atoms with Crippen LogP contribution in [0.15, 0.2) is 12.3 Å². The van der Waals surface area contributed by atoms with Crippen molar-refractivity contribution < 1.29 is 9.47 Å². The highest BCUT2D eigenvalue weighted by Gasteiger charge is 2.18. The molecule has 0 N–H and O–H groups in total. The third-order valence-electron chi connectivity index (χ3n) is 2.21. The number of rotatable bonds is 3. The number of aryl methyl sites for hydroxylation is 1. The van der Waals surface area contributed by atoms with Gasteiger partial charge in [-0.3, -0.25) is 0 Å². The summed E-state index contributed by atoms with van der Waals surface area (Å²) in [5, 5.41) is 0. The molecular formula is C10H14N2O2. The molecule has 4 heteroatoms. The highest BCUT2D eigenvalue weighted by Crippen LogP contribution is 2.12. The zero-order valence-electron chi connectivity index (χ0n) is 8.27. The van der Waals surface area contributed by atoms with Crippen molar-refractivity contribution in [2.75, 3.05) is 13.2 Å². The van der Waals surface area contributed by atoms with Crippen LogP contribution in [-0.2, 0) is 11.2 Å². The fraction of sp³-hybridized carbons (Fsp3) is 0.600. The van der Waals surface area contributed by atoms with Gasteiger partial charge in [-0.05, 0) is 12.5 Å². The van der Waals surface area contributed by atoms with E-state index in [1.54, 1.807) is 6.20 Å². The zero-order chi connectivity index (χ0) is 9.80. The topological polar surface area (TPSA) is 44.2 Å². The van der Waals surface area contributed by atoms with Gasteiger partial charge >= 0.3 is 6.01 Å². The smallest absolute Gasteiger partial charge is 0.316 e. The standard InChI is InChI=1S/C10H14N2O2/c1-2-8-3-5-11-10(12-8)14-9-4-6-13-7-9/h3,5,9H,2,4,6-7H2,1H3/t9-/m0/s1. The van der Waals surface area contributed by atoms with Gasteiger partial charge in [0.25, 0.3) is 0 Å². The molecule has 1 fully saturated rings. The third-order valence-corrected chi connectivity index (χ3v) is 2.21. The van der Waals surface area contributed by atoms with Crippen LogP contribution in [0.3, 0.4) is 0 Å². The lowest BCUT2D eigenvalue weighted by Crippen LogP contribution is -2.17. The van der Waals surface area contributed by atoms with E-state index in [9.17, 15) is 0 Å². The largest absolute Gasteiger partial charge is 0.458 e. The van der Waals surface area contributed by atoms with Gasteiger partial charge in [-0.2, -0.15) is 0 Å². The minimum absolute atomic E-state index is 0.127. The molecule has 1 aliphatic heterocycles. The molecule has 1 saturated heterocycles. The number of nitrogens with zero attached hydrogens (tertiary/aromatic N) is 2. The summed E-state index contributed by atoms with van der Waals surface area (Å²) >= 11 is 0. The van der Waals surface area contributed by atoms with Gasteiger partial charge in [0.1, 0.15) is 6.10 Å². The van der Waals surface area contributed by atoms with Crippen molar-refractivity contribution in [1.29, 1.82) is 0 Å². The maximum atomic E-state index is 5.57. The molecule has 0 aromatic carbocycles. The zero-order valence-corrected chi connectivity index (χ0v) is 8.27. The summed E-state index contributed by atoms with van der Waals surface area (Å²) in [6, 6.07) is 2.37. The minimum Gasteiger partial charge on any atom is -0.458 e. The first-order valence-electron chi connectivity index (χ1n) is 4.95. The quantitative estimate of drug-likeness (QED) is 0.725. The molecule has 0 bridgehead atoms. The van der Waals surface area contributed by atoms with Gasteiger partial charge in [0.2, 0.25) is 0 Å². The summed E-state index contributed by atoms with van der Waals surface area (Å²) in [4.78, 5) is 8.33. The van der Waals surface area contributed by atoms with Crippen LogP contribution in [0, 0.1) is 0 Å². The third kappa shape index (κ3) is 2.20. The Kier molecular flexibility index (Phi) is 2.93. The van der Waals surface area contributed by atoms with Crippen LogP contribution in [0.5, 0.6) is 6.01 Å². The van der Waals surface area contributed by atoms with Gasteiger partial charge < -0.3 is 9.47 Å². The van der Waals surface area contributed by atoms with Crippen LogP contribution in [-0.4, -0.2) is 29.3 Å². The summed E-state index contributed by atoms with van der Waals surface area (Å²) in [7, 11) is 0. The van der Waals surface area contributed by atoms with Crippen molar-refractivity contribution in [3.63, 3.8) is 0 Å². The monoisotopic (exact) mass is 194 g/mol. The van der Waals surface area contributed by atoms with Crippen molar-refractivity contribution in [3.8, 4) is 6.01 Å². The van der Waals surface area contributed by atoms with E-state index >= 15 is 0 Å². The van der Waals surface area contributed by atoms with E-state index in [0.717, 1.165) is 25.1 Å². The molecule has 2 rings (SSSR count). The Morgan fingerprint density at radius 2 is 2.57 bits per heavy atom. The lowest BCUT2D eigenvalue weighted by molar-refractivity contribution is 0.134. The highest BCUT2D eigenvalue weighted by molar-refractivity contribution is 5.05. The van der Waals surface area contributed by atoms with Gasteiger partial charge in [-0.25, -0.2) is 9.97 Å². The molecule has 0 unspecified atom stereocenters. The second-order valence-electron chi connectivity index (χ2n) is 3.29. The van der Waals surface area contributed by atoms with E-state index in [-0.39, 0.29) is 6.10 Å². The first-order valence-corrected chi connectivity index (χ1v) is 4.95. The molecule has 0 radical (unpaired) electrons. The Morgan fingerprint density at radius 3 is 3.29 bits per heavy atom. The summed E-state index contributed by atoms with van der Waals surface area (Å²) in [6.45, 7) is 3.49. The van der Waals surface area contributed by atoms with E-state index in [0.29, 0.717) is 12.6 Å². The maximum absolute atomic E-state index is 5.57. The summed E-state index contributed by atoms with van der Waals surface area (Å²) in [5.41, 5.74) is 1.01. The second kappa shape index (κ2) is 4.37. The van der Waals surface area contributed by atoms with Crippen molar-refractivity contribution in [3.05, 3.63) is 18.0 Å². The first kappa shape index (κ1) is 9.40. The van der Waals surface area contributed by atoms with Crippen LogP contribution in [0.1, 0.15) is 19.0 Å². The minimum atomic E-state index is 0.127. The van der Waals surface area contributed by atoms with Gasteiger partial charge in [0.15, 0.2) is 0 Å². The van der Waals surface area contributed by atoms with E-state index in [4.69, 9.17) is 9.47 Å². The van der Waals surface area contributed by atoms with Crippen LogP contribution < -0.4 is 4.74 Å². The van der Waals surface area contributed by atoms with Gasteiger partial charge in [-0.15, -0.1) is 0 Å². The fourth-order valence-corrected chi connectivity index (χ4v) is 1.38. The van der Waals surface area contributed by atoms with Crippen LogP contribution in [0.4, 0.5) is 0 Å². The van der Waals surface area contributed by atoms with Crippen molar-refractivity contribution in [2.24, 2.45) is 0 Å². The molecule has 0 aliphatic carbocycles. The molecule has 4 nitrogen and oxygen atoms in total. The normalized spacial score (nSPS) is 21.1. The van der Waals surface area contributed by atoms with E-state index in [1.165, 1.54) is 0 Å². The Labute approximate surface area is 83.3 Å². The van der Waals surface area contributed by atoms with E-state index < -0.39 is 0 Å². The predicted molar refractivity (Wildman–Crippen MR) is 51.3 cm³/mol. The SMILES string of the molecule is CCc1ccnc(O[C@H]2CCOC2)n1. The maximum Gasteiger partial charge on any atom is 0.316 e. The molecule has 0 spiro atoms. The van der Waals surface area contributed by atoms with Crippen LogP contribution >= 0.6 is 0 Å². The molecule has 2 heterocycles. The predicted octanol–water partition coefficient (Wildman–Crippen LogP) is 1.21.